The lowest BCUT2D eigenvalue weighted by Crippen LogP contribution is -2.20. The lowest BCUT2D eigenvalue weighted by molar-refractivity contribution is 0.321. The van der Waals surface area contributed by atoms with Gasteiger partial charge in [0.25, 0.3) is 0 Å². The van der Waals surface area contributed by atoms with E-state index in [0.717, 1.165) is 17.8 Å². The SMILES string of the molecule is CCn1c(CN2CCCC2)cnc1Br. The minimum Gasteiger partial charge on any atom is -0.322 e. The van der Waals surface area contributed by atoms with E-state index in [1.54, 1.807) is 0 Å². The van der Waals surface area contributed by atoms with Gasteiger partial charge in [-0.3, -0.25) is 4.90 Å². The first-order valence-corrected chi connectivity index (χ1v) is 6.03. The number of hydrogen-bond donors (Lipinski definition) is 0. The van der Waals surface area contributed by atoms with Crippen LogP contribution in [-0.4, -0.2) is 27.5 Å². The Morgan fingerprint density at radius 1 is 1.43 bits per heavy atom. The van der Waals surface area contributed by atoms with Crippen molar-refractivity contribution < 1.29 is 0 Å². The Balaban J connectivity index is 2.07. The van der Waals surface area contributed by atoms with Crippen molar-refractivity contribution in [3.8, 4) is 0 Å². The summed E-state index contributed by atoms with van der Waals surface area (Å²) >= 11 is 3.46. The zero-order chi connectivity index (χ0) is 9.97. The highest BCUT2D eigenvalue weighted by molar-refractivity contribution is 9.10. The van der Waals surface area contributed by atoms with Gasteiger partial charge in [-0.25, -0.2) is 4.98 Å². The fraction of sp³-hybridized carbons (Fsp3) is 0.700. The van der Waals surface area contributed by atoms with Crippen molar-refractivity contribution in [1.82, 2.24) is 14.5 Å². The van der Waals surface area contributed by atoms with E-state index < -0.39 is 0 Å². The molecule has 3 nitrogen and oxygen atoms in total. The van der Waals surface area contributed by atoms with Crippen LogP contribution in [0.3, 0.4) is 0 Å². The molecule has 0 spiro atoms. The molecule has 1 aromatic rings. The molecule has 0 bridgehead atoms. The third kappa shape index (κ3) is 2.01. The number of nitrogens with zero attached hydrogens (tertiary/aromatic N) is 3. The monoisotopic (exact) mass is 257 g/mol. The first-order valence-electron chi connectivity index (χ1n) is 5.23. The summed E-state index contributed by atoms with van der Waals surface area (Å²) in [5.74, 6) is 0. The summed E-state index contributed by atoms with van der Waals surface area (Å²) < 4.78 is 3.17. The minimum atomic E-state index is 0.953. The lowest BCUT2D eigenvalue weighted by atomic mass is 10.4. The standard InChI is InChI=1S/C10H16BrN3/c1-2-14-9(7-12-10(14)11)8-13-5-3-4-6-13/h7H,2-6,8H2,1H3. The summed E-state index contributed by atoms with van der Waals surface area (Å²) in [6.07, 6.45) is 4.68. The summed E-state index contributed by atoms with van der Waals surface area (Å²) in [5.41, 5.74) is 1.32. The molecule has 0 aliphatic carbocycles. The fourth-order valence-corrected chi connectivity index (χ4v) is 2.60. The number of likely N-dealkylation sites (tertiary alicyclic amines) is 1. The van der Waals surface area contributed by atoms with Gasteiger partial charge in [0.05, 0.1) is 11.9 Å². The maximum atomic E-state index is 4.28. The van der Waals surface area contributed by atoms with Crippen LogP contribution in [0.25, 0.3) is 0 Å². The Morgan fingerprint density at radius 3 is 2.79 bits per heavy atom. The van der Waals surface area contributed by atoms with Crippen LogP contribution in [0.2, 0.25) is 0 Å². The van der Waals surface area contributed by atoms with E-state index in [9.17, 15) is 0 Å². The van der Waals surface area contributed by atoms with Crippen LogP contribution in [0.5, 0.6) is 0 Å². The molecule has 1 fully saturated rings. The van der Waals surface area contributed by atoms with Gasteiger partial charge in [0.2, 0.25) is 0 Å². The number of halogens is 1. The molecule has 0 saturated carbocycles. The Kier molecular flexibility index (Phi) is 3.23. The van der Waals surface area contributed by atoms with Crippen molar-refractivity contribution in [2.24, 2.45) is 0 Å². The first-order chi connectivity index (χ1) is 6.81. The van der Waals surface area contributed by atoms with Gasteiger partial charge in [0.15, 0.2) is 4.73 Å². The van der Waals surface area contributed by atoms with E-state index >= 15 is 0 Å². The molecule has 0 amide bonds. The first kappa shape index (κ1) is 10.2. The van der Waals surface area contributed by atoms with E-state index in [2.05, 4.69) is 37.3 Å². The normalized spacial score (nSPS) is 17.9. The molecule has 0 aromatic carbocycles. The third-order valence-electron chi connectivity index (χ3n) is 2.79. The van der Waals surface area contributed by atoms with Gasteiger partial charge in [0.1, 0.15) is 0 Å². The smallest absolute Gasteiger partial charge is 0.177 e. The van der Waals surface area contributed by atoms with E-state index in [4.69, 9.17) is 0 Å². The molecule has 78 valence electrons. The maximum Gasteiger partial charge on any atom is 0.177 e. The van der Waals surface area contributed by atoms with Crippen molar-refractivity contribution in [2.75, 3.05) is 13.1 Å². The van der Waals surface area contributed by atoms with Crippen molar-refractivity contribution in [3.63, 3.8) is 0 Å². The van der Waals surface area contributed by atoms with Crippen molar-refractivity contribution in [1.29, 1.82) is 0 Å². The van der Waals surface area contributed by atoms with E-state index in [1.807, 2.05) is 6.20 Å². The number of imidazole rings is 1. The van der Waals surface area contributed by atoms with Crippen molar-refractivity contribution in [2.45, 2.75) is 32.9 Å². The van der Waals surface area contributed by atoms with E-state index in [1.165, 1.54) is 31.6 Å². The summed E-state index contributed by atoms with van der Waals surface area (Å²) in [7, 11) is 0. The Bertz CT molecular complexity index is 302. The number of hydrogen-bond acceptors (Lipinski definition) is 2. The second-order valence-electron chi connectivity index (χ2n) is 3.75. The summed E-state index contributed by atoms with van der Waals surface area (Å²) in [5, 5.41) is 0. The van der Waals surface area contributed by atoms with Crippen LogP contribution < -0.4 is 0 Å². The van der Waals surface area contributed by atoms with Gasteiger partial charge in [-0.1, -0.05) is 0 Å². The fourth-order valence-electron chi connectivity index (χ4n) is 2.02. The maximum absolute atomic E-state index is 4.28. The van der Waals surface area contributed by atoms with Gasteiger partial charge in [0, 0.05) is 13.1 Å². The van der Waals surface area contributed by atoms with E-state index in [0.29, 0.717) is 0 Å². The van der Waals surface area contributed by atoms with Gasteiger partial charge in [-0.2, -0.15) is 0 Å². The molecular weight excluding hydrogens is 242 g/mol. The Morgan fingerprint density at radius 2 is 2.14 bits per heavy atom. The average molecular weight is 258 g/mol. The molecule has 1 aliphatic rings. The predicted octanol–water partition coefficient (Wildman–Crippen LogP) is 2.26. The third-order valence-corrected chi connectivity index (χ3v) is 3.42. The van der Waals surface area contributed by atoms with Crippen LogP contribution in [0.15, 0.2) is 10.9 Å². The molecule has 4 heteroatoms. The van der Waals surface area contributed by atoms with Gasteiger partial charge < -0.3 is 4.57 Å². The average Bonchev–Trinajstić information content (AvgIpc) is 2.77. The van der Waals surface area contributed by atoms with E-state index in [-0.39, 0.29) is 0 Å². The molecule has 14 heavy (non-hydrogen) atoms. The van der Waals surface area contributed by atoms with Crippen LogP contribution in [0.1, 0.15) is 25.5 Å². The summed E-state index contributed by atoms with van der Waals surface area (Å²) in [6, 6.07) is 0. The lowest BCUT2D eigenvalue weighted by Gasteiger charge is -2.15. The molecule has 0 radical (unpaired) electrons. The highest BCUT2D eigenvalue weighted by Crippen LogP contribution is 2.16. The van der Waals surface area contributed by atoms with Crippen molar-refractivity contribution >= 4 is 15.9 Å². The molecule has 0 unspecified atom stereocenters. The second-order valence-corrected chi connectivity index (χ2v) is 4.46. The summed E-state index contributed by atoms with van der Waals surface area (Å²) in [6.45, 7) is 6.68. The molecule has 1 saturated heterocycles. The van der Waals surface area contributed by atoms with Crippen LogP contribution in [0, 0.1) is 0 Å². The quantitative estimate of drug-likeness (QED) is 0.829. The predicted molar refractivity (Wildman–Crippen MR) is 60.1 cm³/mol. The molecule has 1 aromatic heterocycles. The highest BCUT2D eigenvalue weighted by atomic mass is 79.9. The van der Waals surface area contributed by atoms with Crippen molar-refractivity contribution in [3.05, 3.63) is 16.6 Å². The van der Waals surface area contributed by atoms with Gasteiger partial charge in [-0.05, 0) is 48.8 Å². The molecule has 2 heterocycles. The van der Waals surface area contributed by atoms with Crippen LogP contribution in [0.4, 0.5) is 0 Å². The largest absolute Gasteiger partial charge is 0.322 e. The topological polar surface area (TPSA) is 21.1 Å². The molecule has 1 aliphatic heterocycles. The van der Waals surface area contributed by atoms with Gasteiger partial charge in [-0.15, -0.1) is 0 Å². The Labute approximate surface area is 93.2 Å². The Hall–Kier alpha value is -0.350. The molecule has 0 atom stereocenters. The highest BCUT2D eigenvalue weighted by Gasteiger charge is 2.14. The second kappa shape index (κ2) is 4.45. The van der Waals surface area contributed by atoms with Crippen LogP contribution in [-0.2, 0) is 13.1 Å². The van der Waals surface area contributed by atoms with Gasteiger partial charge >= 0.3 is 0 Å². The zero-order valence-corrected chi connectivity index (χ0v) is 10.1. The molecule has 0 N–H and O–H groups in total. The summed E-state index contributed by atoms with van der Waals surface area (Å²) in [4.78, 5) is 6.78. The van der Waals surface area contributed by atoms with Crippen LogP contribution >= 0.6 is 15.9 Å². The number of rotatable bonds is 3. The number of aromatic nitrogens is 2. The zero-order valence-electron chi connectivity index (χ0n) is 8.54. The molecular formula is C10H16BrN3. The molecule has 2 rings (SSSR count). The minimum absolute atomic E-state index is 0.953.